The van der Waals surface area contributed by atoms with Crippen LogP contribution in [-0.4, -0.2) is 25.8 Å². The molecule has 13 heavy (non-hydrogen) atoms. The molecule has 0 aromatic heterocycles. The smallest absolute Gasteiger partial charge is 0.150 e. The molecule has 0 spiro atoms. The monoisotopic (exact) mass is 194 g/mol. The number of rotatable bonds is 1. The average molecular weight is 194 g/mol. The van der Waals surface area contributed by atoms with Crippen molar-refractivity contribution in [3.8, 4) is 0 Å². The lowest BCUT2D eigenvalue weighted by atomic mass is 10.3. The molecule has 1 aromatic carbocycles. The Morgan fingerprint density at radius 2 is 1.54 bits per heavy atom. The van der Waals surface area contributed by atoms with Crippen LogP contribution in [0.5, 0.6) is 0 Å². The first-order valence-electron chi connectivity index (χ1n) is 4.33. The Morgan fingerprint density at radius 3 is 1.92 bits per heavy atom. The second kappa shape index (κ2) is 3.14. The molecule has 2 nitrogen and oxygen atoms in total. The summed E-state index contributed by atoms with van der Waals surface area (Å²) in [5.74, 6) is 0. The zero-order valence-electron chi connectivity index (χ0n) is 8.19. The third-order valence-electron chi connectivity index (χ3n) is 2.52. The quantitative estimate of drug-likeness (QED) is 0.677. The summed E-state index contributed by atoms with van der Waals surface area (Å²) in [5, 5.41) is 0. The highest BCUT2D eigenvalue weighted by atomic mass is 32.2. The zero-order chi connectivity index (χ0) is 9.42. The predicted octanol–water partition coefficient (Wildman–Crippen LogP) is 2.22. The maximum Gasteiger partial charge on any atom is 0.150 e. The van der Waals surface area contributed by atoms with Gasteiger partial charge in [-0.3, -0.25) is 0 Å². The fraction of sp³-hybridized carbons (Fsp3) is 0.400. The normalized spacial score (nSPS) is 16.5. The lowest BCUT2D eigenvalue weighted by molar-refractivity contribution is 0.858. The van der Waals surface area contributed by atoms with Crippen LogP contribution in [-0.2, 0) is 0 Å². The van der Waals surface area contributed by atoms with Crippen LogP contribution in [0.15, 0.2) is 24.3 Å². The van der Waals surface area contributed by atoms with Crippen LogP contribution in [0.4, 0.5) is 11.4 Å². The molecule has 0 bridgehead atoms. The molecule has 1 aliphatic rings. The first kappa shape index (κ1) is 8.75. The van der Waals surface area contributed by atoms with Crippen LogP contribution in [0.2, 0.25) is 0 Å². The van der Waals surface area contributed by atoms with Crippen molar-refractivity contribution >= 4 is 23.1 Å². The Bertz CT molecular complexity index is 285. The van der Waals surface area contributed by atoms with Crippen molar-refractivity contribution in [1.82, 2.24) is 0 Å². The van der Waals surface area contributed by atoms with Gasteiger partial charge in [-0.05, 0) is 18.4 Å². The number of benzene rings is 1. The van der Waals surface area contributed by atoms with E-state index in [0.717, 1.165) is 0 Å². The molecule has 1 heterocycles. The highest BCUT2D eigenvalue weighted by Crippen LogP contribution is 2.39. The van der Waals surface area contributed by atoms with Gasteiger partial charge in [0.05, 0.1) is 11.4 Å². The SMILES string of the molecule is CSC1N(C)c2ccccc2N1C. The van der Waals surface area contributed by atoms with E-state index in [-0.39, 0.29) is 0 Å². The molecule has 3 heteroatoms. The number of hydrogen-bond acceptors (Lipinski definition) is 3. The molecule has 0 saturated heterocycles. The van der Waals surface area contributed by atoms with Crippen LogP contribution >= 0.6 is 11.8 Å². The van der Waals surface area contributed by atoms with Crippen molar-refractivity contribution in [2.45, 2.75) is 5.50 Å². The number of para-hydroxylation sites is 2. The molecule has 0 aliphatic carbocycles. The van der Waals surface area contributed by atoms with Gasteiger partial charge in [-0.2, -0.15) is 0 Å². The van der Waals surface area contributed by atoms with Gasteiger partial charge in [0.15, 0.2) is 0 Å². The molecule has 70 valence electrons. The van der Waals surface area contributed by atoms with Crippen molar-refractivity contribution in [1.29, 1.82) is 0 Å². The Kier molecular flexibility index (Phi) is 2.12. The van der Waals surface area contributed by atoms with E-state index < -0.39 is 0 Å². The lowest BCUT2D eigenvalue weighted by Crippen LogP contribution is -2.35. The van der Waals surface area contributed by atoms with Crippen LogP contribution in [0.3, 0.4) is 0 Å². The first-order valence-corrected chi connectivity index (χ1v) is 5.62. The summed E-state index contributed by atoms with van der Waals surface area (Å²) in [5.41, 5.74) is 3.09. The van der Waals surface area contributed by atoms with E-state index in [9.17, 15) is 0 Å². The summed E-state index contributed by atoms with van der Waals surface area (Å²) in [4.78, 5) is 4.61. The van der Waals surface area contributed by atoms with Crippen LogP contribution in [0.25, 0.3) is 0 Å². The molecular weight excluding hydrogens is 180 g/mol. The predicted molar refractivity (Wildman–Crippen MR) is 60.6 cm³/mol. The number of hydrogen-bond donors (Lipinski definition) is 0. The van der Waals surface area contributed by atoms with Crippen molar-refractivity contribution in [2.24, 2.45) is 0 Å². The third kappa shape index (κ3) is 1.18. The highest BCUT2D eigenvalue weighted by Gasteiger charge is 2.29. The van der Waals surface area contributed by atoms with Gasteiger partial charge >= 0.3 is 0 Å². The van der Waals surface area contributed by atoms with E-state index in [0.29, 0.717) is 5.50 Å². The van der Waals surface area contributed by atoms with Crippen molar-refractivity contribution in [2.75, 3.05) is 30.2 Å². The third-order valence-corrected chi connectivity index (χ3v) is 3.57. The Morgan fingerprint density at radius 1 is 1.08 bits per heavy atom. The Hall–Kier alpha value is -0.830. The van der Waals surface area contributed by atoms with Gasteiger partial charge in [0, 0.05) is 14.1 Å². The average Bonchev–Trinajstić information content (AvgIpc) is 2.41. The number of fused-ring (bicyclic) bond motifs is 1. The fourth-order valence-corrected chi connectivity index (χ4v) is 2.73. The number of anilines is 2. The second-order valence-electron chi connectivity index (χ2n) is 3.27. The van der Waals surface area contributed by atoms with Gasteiger partial charge < -0.3 is 9.80 Å². The molecule has 0 unspecified atom stereocenters. The van der Waals surface area contributed by atoms with Gasteiger partial charge in [-0.25, -0.2) is 0 Å². The Balaban J connectivity index is 2.44. The summed E-state index contributed by atoms with van der Waals surface area (Å²) < 4.78 is 0. The van der Waals surface area contributed by atoms with Crippen LogP contribution in [0, 0.1) is 0 Å². The van der Waals surface area contributed by atoms with E-state index >= 15 is 0 Å². The largest absolute Gasteiger partial charge is 0.344 e. The summed E-state index contributed by atoms with van der Waals surface area (Å²) in [6.45, 7) is 0. The highest BCUT2D eigenvalue weighted by molar-refractivity contribution is 7.99. The van der Waals surface area contributed by atoms with Crippen LogP contribution in [0.1, 0.15) is 0 Å². The molecule has 0 radical (unpaired) electrons. The van der Waals surface area contributed by atoms with E-state index in [1.54, 1.807) is 0 Å². The molecule has 0 amide bonds. The molecule has 0 N–H and O–H groups in total. The van der Waals surface area contributed by atoms with Gasteiger partial charge in [0.25, 0.3) is 0 Å². The van der Waals surface area contributed by atoms with Crippen molar-refractivity contribution in [3.63, 3.8) is 0 Å². The second-order valence-corrected chi connectivity index (χ2v) is 4.17. The summed E-state index contributed by atoms with van der Waals surface area (Å²) in [6.07, 6.45) is 2.14. The Labute approximate surface area is 83.5 Å². The zero-order valence-corrected chi connectivity index (χ0v) is 9.01. The maximum atomic E-state index is 2.31. The van der Waals surface area contributed by atoms with Crippen molar-refractivity contribution < 1.29 is 0 Å². The minimum atomic E-state index is 0.442. The molecular formula is C10H14N2S. The lowest BCUT2D eigenvalue weighted by Gasteiger charge is -2.25. The number of nitrogens with zero attached hydrogens (tertiary/aromatic N) is 2. The minimum absolute atomic E-state index is 0.442. The fourth-order valence-electron chi connectivity index (χ4n) is 1.87. The molecule has 0 saturated carbocycles. The van der Waals surface area contributed by atoms with E-state index in [1.807, 2.05) is 11.8 Å². The summed E-state index contributed by atoms with van der Waals surface area (Å²) >= 11 is 1.86. The first-order chi connectivity index (χ1) is 6.25. The van der Waals surface area contributed by atoms with E-state index in [2.05, 4.69) is 54.4 Å². The van der Waals surface area contributed by atoms with E-state index in [1.165, 1.54) is 11.4 Å². The van der Waals surface area contributed by atoms with Gasteiger partial charge in [-0.1, -0.05) is 12.1 Å². The molecule has 0 fully saturated rings. The molecule has 1 aromatic rings. The van der Waals surface area contributed by atoms with E-state index in [4.69, 9.17) is 0 Å². The van der Waals surface area contributed by atoms with Crippen molar-refractivity contribution in [3.05, 3.63) is 24.3 Å². The van der Waals surface area contributed by atoms with Gasteiger partial charge in [-0.15, -0.1) is 11.8 Å². The summed E-state index contributed by atoms with van der Waals surface area (Å²) in [6, 6.07) is 8.52. The standard InChI is InChI=1S/C10H14N2S/c1-11-8-6-4-5-7-9(8)12(2)10(11)13-3/h4-7,10H,1-3H3. The van der Waals surface area contributed by atoms with Crippen LogP contribution < -0.4 is 9.80 Å². The molecule has 0 atom stereocenters. The maximum absolute atomic E-state index is 2.31. The number of thioether (sulfide) groups is 1. The molecule has 2 rings (SSSR count). The van der Waals surface area contributed by atoms with Gasteiger partial charge in [0.1, 0.15) is 5.50 Å². The summed E-state index contributed by atoms with van der Waals surface area (Å²) in [7, 11) is 4.28. The topological polar surface area (TPSA) is 6.48 Å². The van der Waals surface area contributed by atoms with Gasteiger partial charge in [0.2, 0.25) is 0 Å². The minimum Gasteiger partial charge on any atom is -0.344 e. The molecule has 1 aliphatic heterocycles.